The van der Waals surface area contributed by atoms with Crippen LogP contribution < -0.4 is 5.32 Å². The van der Waals surface area contributed by atoms with Crippen LogP contribution in [0, 0.1) is 5.92 Å². The molecular formula is C12H22N2O2. The Bertz CT molecular complexity index is 264. The van der Waals surface area contributed by atoms with Crippen LogP contribution >= 0.6 is 0 Å². The number of nitrogens with one attached hydrogen (secondary N) is 1. The number of carbonyl (C=O) groups excluding carboxylic acids is 2. The molecular weight excluding hydrogens is 204 g/mol. The fraction of sp³-hybridized carbons (Fsp3) is 0.833. The van der Waals surface area contributed by atoms with Crippen LogP contribution in [0.4, 0.5) is 0 Å². The Labute approximate surface area is 97.4 Å². The third-order valence-corrected chi connectivity index (χ3v) is 2.98. The Kier molecular flexibility index (Phi) is 4.77. The second-order valence-corrected chi connectivity index (χ2v) is 4.69. The molecule has 4 heteroatoms. The number of unbranched alkanes of at least 4 members (excludes halogenated alkanes) is 1. The van der Waals surface area contributed by atoms with Gasteiger partial charge in [0.05, 0.1) is 5.92 Å². The summed E-state index contributed by atoms with van der Waals surface area (Å²) in [5, 5.41) is 2.89. The molecule has 1 aliphatic rings. The maximum atomic E-state index is 11.7. The Morgan fingerprint density at radius 2 is 2.25 bits per heavy atom. The summed E-state index contributed by atoms with van der Waals surface area (Å²) < 4.78 is 0. The van der Waals surface area contributed by atoms with Gasteiger partial charge >= 0.3 is 0 Å². The summed E-state index contributed by atoms with van der Waals surface area (Å²) in [6.07, 6.45) is 2.44. The first kappa shape index (κ1) is 13.0. The summed E-state index contributed by atoms with van der Waals surface area (Å²) in [6, 6.07) is 0.195. The van der Waals surface area contributed by atoms with E-state index in [1.54, 1.807) is 4.90 Å². The Hall–Kier alpha value is -1.06. The average molecular weight is 226 g/mol. The molecule has 1 heterocycles. The molecule has 1 rings (SSSR count). The topological polar surface area (TPSA) is 49.4 Å². The third kappa shape index (κ3) is 3.22. The first-order valence-electron chi connectivity index (χ1n) is 6.13. The van der Waals surface area contributed by atoms with Gasteiger partial charge in [-0.2, -0.15) is 0 Å². The highest BCUT2D eigenvalue weighted by Gasteiger charge is 2.35. The molecule has 0 bridgehead atoms. The minimum atomic E-state index is -0.147. The Morgan fingerprint density at radius 3 is 2.75 bits per heavy atom. The van der Waals surface area contributed by atoms with Gasteiger partial charge in [-0.05, 0) is 20.3 Å². The van der Waals surface area contributed by atoms with Crippen molar-refractivity contribution in [2.24, 2.45) is 5.92 Å². The van der Waals surface area contributed by atoms with Gasteiger partial charge in [0.2, 0.25) is 11.8 Å². The molecule has 0 radical (unpaired) electrons. The SMILES string of the molecule is CCCCNC(=O)C1CC(=O)N(C(C)C)C1. The van der Waals surface area contributed by atoms with Crippen LogP contribution in [0.2, 0.25) is 0 Å². The van der Waals surface area contributed by atoms with Crippen molar-refractivity contribution in [3.8, 4) is 0 Å². The van der Waals surface area contributed by atoms with E-state index in [4.69, 9.17) is 0 Å². The first-order valence-corrected chi connectivity index (χ1v) is 6.13. The van der Waals surface area contributed by atoms with Crippen LogP contribution in [0.25, 0.3) is 0 Å². The number of likely N-dealkylation sites (tertiary alicyclic amines) is 1. The van der Waals surface area contributed by atoms with Gasteiger partial charge in [-0.25, -0.2) is 0 Å². The van der Waals surface area contributed by atoms with E-state index in [-0.39, 0.29) is 23.8 Å². The highest BCUT2D eigenvalue weighted by molar-refractivity contribution is 5.89. The van der Waals surface area contributed by atoms with E-state index in [0.717, 1.165) is 19.4 Å². The van der Waals surface area contributed by atoms with Crippen LogP contribution in [0.3, 0.4) is 0 Å². The molecule has 1 N–H and O–H groups in total. The highest BCUT2D eigenvalue weighted by atomic mass is 16.2. The minimum absolute atomic E-state index is 0.0324. The van der Waals surface area contributed by atoms with Crippen molar-refractivity contribution in [1.82, 2.24) is 10.2 Å². The van der Waals surface area contributed by atoms with Gasteiger partial charge in [-0.15, -0.1) is 0 Å². The lowest BCUT2D eigenvalue weighted by Crippen LogP contribution is -2.35. The molecule has 16 heavy (non-hydrogen) atoms. The summed E-state index contributed by atoms with van der Waals surface area (Å²) in [5.41, 5.74) is 0. The minimum Gasteiger partial charge on any atom is -0.356 e. The van der Waals surface area contributed by atoms with Crippen LogP contribution in [-0.4, -0.2) is 35.8 Å². The van der Waals surface area contributed by atoms with Crippen molar-refractivity contribution in [3.05, 3.63) is 0 Å². The zero-order chi connectivity index (χ0) is 12.1. The molecule has 2 amide bonds. The molecule has 0 aromatic carbocycles. The van der Waals surface area contributed by atoms with Gasteiger partial charge < -0.3 is 10.2 Å². The van der Waals surface area contributed by atoms with Crippen LogP contribution in [-0.2, 0) is 9.59 Å². The van der Waals surface area contributed by atoms with E-state index in [2.05, 4.69) is 12.2 Å². The third-order valence-electron chi connectivity index (χ3n) is 2.98. The van der Waals surface area contributed by atoms with E-state index >= 15 is 0 Å². The maximum absolute atomic E-state index is 11.7. The quantitative estimate of drug-likeness (QED) is 0.715. The summed E-state index contributed by atoms with van der Waals surface area (Å²) in [5.74, 6) is -0.0117. The molecule has 0 aromatic rings. The number of amides is 2. The molecule has 1 saturated heterocycles. The predicted octanol–water partition coefficient (Wildman–Crippen LogP) is 1.16. The van der Waals surface area contributed by atoms with Gasteiger partial charge in [0.1, 0.15) is 0 Å². The van der Waals surface area contributed by atoms with Gasteiger partial charge in [0, 0.05) is 25.6 Å². The predicted molar refractivity (Wildman–Crippen MR) is 62.9 cm³/mol. The summed E-state index contributed by atoms with van der Waals surface area (Å²) >= 11 is 0. The van der Waals surface area contributed by atoms with Crippen molar-refractivity contribution in [3.63, 3.8) is 0 Å². The lowest BCUT2D eigenvalue weighted by Gasteiger charge is -2.20. The fourth-order valence-corrected chi connectivity index (χ4v) is 1.94. The molecule has 0 aromatic heterocycles. The molecule has 0 aliphatic carbocycles. The van der Waals surface area contributed by atoms with Crippen LogP contribution in [0.15, 0.2) is 0 Å². The molecule has 4 nitrogen and oxygen atoms in total. The number of hydrogen-bond donors (Lipinski definition) is 1. The van der Waals surface area contributed by atoms with E-state index < -0.39 is 0 Å². The molecule has 1 fully saturated rings. The van der Waals surface area contributed by atoms with E-state index in [1.807, 2.05) is 13.8 Å². The maximum Gasteiger partial charge on any atom is 0.225 e. The fourth-order valence-electron chi connectivity index (χ4n) is 1.94. The zero-order valence-corrected chi connectivity index (χ0v) is 10.5. The summed E-state index contributed by atoms with van der Waals surface area (Å²) in [4.78, 5) is 25.1. The lowest BCUT2D eigenvalue weighted by molar-refractivity contribution is -0.129. The second-order valence-electron chi connectivity index (χ2n) is 4.69. The molecule has 92 valence electrons. The Balaban J connectivity index is 2.39. The van der Waals surface area contributed by atoms with E-state index in [1.165, 1.54) is 0 Å². The molecule has 1 atom stereocenters. The van der Waals surface area contributed by atoms with Crippen LogP contribution in [0.1, 0.15) is 40.0 Å². The molecule has 1 unspecified atom stereocenters. The summed E-state index contributed by atoms with van der Waals surface area (Å²) in [6.45, 7) is 7.35. The van der Waals surface area contributed by atoms with Crippen LogP contribution in [0.5, 0.6) is 0 Å². The average Bonchev–Trinajstić information content (AvgIpc) is 2.60. The molecule has 0 spiro atoms. The van der Waals surface area contributed by atoms with Crippen molar-refractivity contribution in [2.75, 3.05) is 13.1 Å². The van der Waals surface area contributed by atoms with Crippen molar-refractivity contribution in [2.45, 2.75) is 46.1 Å². The van der Waals surface area contributed by atoms with E-state index in [9.17, 15) is 9.59 Å². The lowest BCUT2D eigenvalue weighted by atomic mass is 10.1. The molecule has 0 saturated carbocycles. The number of hydrogen-bond acceptors (Lipinski definition) is 2. The van der Waals surface area contributed by atoms with Crippen molar-refractivity contribution < 1.29 is 9.59 Å². The zero-order valence-electron chi connectivity index (χ0n) is 10.5. The largest absolute Gasteiger partial charge is 0.356 e. The number of rotatable bonds is 5. The van der Waals surface area contributed by atoms with Gasteiger partial charge in [-0.3, -0.25) is 9.59 Å². The first-order chi connectivity index (χ1) is 7.56. The smallest absolute Gasteiger partial charge is 0.225 e. The van der Waals surface area contributed by atoms with E-state index in [0.29, 0.717) is 13.0 Å². The second kappa shape index (κ2) is 5.87. The van der Waals surface area contributed by atoms with Gasteiger partial charge in [0.25, 0.3) is 0 Å². The highest BCUT2D eigenvalue weighted by Crippen LogP contribution is 2.19. The van der Waals surface area contributed by atoms with Gasteiger partial charge in [0.15, 0.2) is 0 Å². The molecule has 1 aliphatic heterocycles. The van der Waals surface area contributed by atoms with Crippen molar-refractivity contribution in [1.29, 1.82) is 0 Å². The van der Waals surface area contributed by atoms with Gasteiger partial charge in [-0.1, -0.05) is 13.3 Å². The normalized spacial score (nSPS) is 20.6. The number of nitrogens with zero attached hydrogens (tertiary/aromatic N) is 1. The monoisotopic (exact) mass is 226 g/mol. The Morgan fingerprint density at radius 1 is 1.56 bits per heavy atom. The number of carbonyl (C=O) groups is 2. The summed E-state index contributed by atoms with van der Waals surface area (Å²) in [7, 11) is 0. The standard InChI is InChI=1S/C12H22N2O2/c1-4-5-6-13-12(16)10-7-11(15)14(8-10)9(2)3/h9-10H,4-8H2,1-3H3,(H,13,16). The van der Waals surface area contributed by atoms with Crippen molar-refractivity contribution >= 4 is 11.8 Å².